The van der Waals surface area contributed by atoms with Crippen molar-refractivity contribution in [2.24, 2.45) is 0 Å². The van der Waals surface area contributed by atoms with Gasteiger partial charge in [-0.2, -0.15) is 0 Å². The van der Waals surface area contributed by atoms with E-state index < -0.39 is 5.97 Å². The number of urea groups is 1. The first-order chi connectivity index (χ1) is 10.1. The summed E-state index contributed by atoms with van der Waals surface area (Å²) in [6.45, 7) is 2.85. The first-order valence-corrected chi connectivity index (χ1v) is 7.51. The number of carbonyl (C=O) groups is 2. The molecule has 0 radical (unpaired) electrons. The van der Waals surface area contributed by atoms with Gasteiger partial charge in [-0.05, 0) is 30.7 Å². The minimum absolute atomic E-state index is 0.202. The van der Waals surface area contributed by atoms with Gasteiger partial charge in [0.15, 0.2) is 0 Å². The monoisotopic (exact) mass is 292 g/mol. The molecule has 5 heteroatoms. The number of hydrogen-bond acceptors (Lipinski definition) is 2. The van der Waals surface area contributed by atoms with Crippen LogP contribution in [0.25, 0.3) is 0 Å². The van der Waals surface area contributed by atoms with Gasteiger partial charge in [-0.25, -0.2) is 9.59 Å². The third kappa shape index (κ3) is 7.34. The summed E-state index contributed by atoms with van der Waals surface area (Å²) in [7, 11) is 0. The predicted octanol–water partition coefficient (Wildman–Crippen LogP) is 3.87. The van der Waals surface area contributed by atoms with Crippen LogP contribution < -0.4 is 10.6 Å². The molecule has 1 rings (SSSR count). The molecule has 0 atom stereocenters. The normalized spacial score (nSPS) is 10.1. The smallest absolute Gasteiger partial charge is 0.335 e. The van der Waals surface area contributed by atoms with Crippen molar-refractivity contribution in [1.29, 1.82) is 0 Å². The Morgan fingerprint density at radius 1 is 1.00 bits per heavy atom. The third-order valence-corrected chi connectivity index (χ3v) is 3.21. The Balaban J connectivity index is 2.17. The summed E-state index contributed by atoms with van der Waals surface area (Å²) in [4.78, 5) is 22.3. The van der Waals surface area contributed by atoms with Gasteiger partial charge in [0.05, 0.1) is 5.56 Å². The number of benzene rings is 1. The van der Waals surface area contributed by atoms with Crippen LogP contribution in [-0.4, -0.2) is 23.7 Å². The second-order valence-corrected chi connectivity index (χ2v) is 5.03. The van der Waals surface area contributed by atoms with Gasteiger partial charge in [0, 0.05) is 12.2 Å². The van der Waals surface area contributed by atoms with Crippen molar-refractivity contribution in [1.82, 2.24) is 5.32 Å². The van der Waals surface area contributed by atoms with Gasteiger partial charge in [0.25, 0.3) is 0 Å². The lowest BCUT2D eigenvalue weighted by atomic mass is 10.1. The van der Waals surface area contributed by atoms with Crippen LogP contribution in [0.1, 0.15) is 55.8 Å². The van der Waals surface area contributed by atoms with E-state index in [1.54, 1.807) is 12.1 Å². The lowest BCUT2D eigenvalue weighted by Gasteiger charge is -2.07. The van der Waals surface area contributed by atoms with Gasteiger partial charge in [-0.3, -0.25) is 0 Å². The molecule has 0 saturated carbocycles. The standard InChI is InChI=1S/C16H24N2O3/c1-2-3-4-5-6-7-12-17-16(21)18-14-10-8-13(9-11-14)15(19)20/h8-11H,2-7,12H2,1H3,(H,19,20)(H2,17,18,21). The van der Waals surface area contributed by atoms with Crippen molar-refractivity contribution in [3.8, 4) is 0 Å². The van der Waals surface area contributed by atoms with Crippen LogP contribution in [0.3, 0.4) is 0 Å². The summed E-state index contributed by atoms with van der Waals surface area (Å²) in [5, 5.41) is 14.2. The number of carbonyl (C=O) groups excluding carboxylic acids is 1. The molecule has 0 bridgehead atoms. The number of anilines is 1. The summed E-state index contributed by atoms with van der Waals surface area (Å²) in [6, 6.07) is 5.82. The quantitative estimate of drug-likeness (QED) is 0.605. The molecule has 0 aliphatic carbocycles. The fraction of sp³-hybridized carbons (Fsp3) is 0.500. The molecule has 0 spiro atoms. The van der Waals surface area contributed by atoms with Gasteiger partial charge in [0.2, 0.25) is 0 Å². The summed E-state index contributed by atoms with van der Waals surface area (Å²) in [5.74, 6) is -0.978. The Bertz CT molecular complexity index is 443. The zero-order valence-corrected chi connectivity index (χ0v) is 12.5. The van der Waals surface area contributed by atoms with E-state index >= 15 is 0 Å². The van der Waals surface area contributed by atoms with E-state index in [1.807, 2.05) is 0 Å². The van der Waals surface area contributed by atoms with Crippen LogP contribution >= 0.6 is 0 Å². The average molecular weight is 292 g/mol. The molecule has 0 aromatic heterocycles. The highest BCUT2D eigenvalue weighted by molar-refractivity contribution is 5.91. The number of nitrogens with one attached hydrogen (secondary N) is 2. The summed E-state index contributed by atoms with van der Waals surface area (Å²) >= 11 is 0. The Labute approximate surface area is 125 Å². The van der Waals surface area contributed by atoms with Crippen molar-refractivity contribution in [3.63, 3.8) is 0 Å². The number of hydrogen-bond donors (Lipinski definition) is 3. The van der Waals surface area contributed by atoms with Crippen molar-refractivity contribution < 1.29 is 14.7 Å². The van der Waals surface area contributed by atoms with Crippen LogP contribution in [0.2, 0.25) is 0 Å². The van der Waals surface area contributed by atoms with Crippen LogP contribution in [0, 0.1) is 0 Å². The highest BCUT2D eigenvalue weighted by Crippen LogP contribution is 2.09. The average Bonchev–Trinajstić information content (AvgIpc) is 2.47. The minimum atomic E-state index is -0.978. The second kappa shape index (κ2) is 9.80. The number of unbranched alkanes of at least 4 members (excludes halogenated alkanes) is 5. The molecule has 5 nitrogen and oxygen atoms in total. The lowest BCUT2D eigenvalue weighted by Crippen LogP contribution is -2.29. The molecule has 0 heterocycles. The molecule has 0 saturated heterocycles. The molecule has 116 valence electrons. The molecule has 0 aliphatic rings. The Morgan fingerprint density at radius 3 is 2.24 bits per heavy atom. The highest BCUT2D eigenvalue weighted by atomic mass is 16.4. The molecule has 21 heavy (non-hydrogen) atoms. The Morgan fingerprint density at radius 2 is 1.62 bits per heavy atom. The zero-order chi connectivity index (χ0) is 15.5. The predicted molar refractivity (Wildman–Crippen MR) is 83.8 cm³/mol. The first-order valence-electron chi connectivity index (χ1n) is 7.51. The zero-order valence-electron chi connectivity index (χ0n) is 12.5. The van der Waals surface area contributed by atoms with Gasteiger partial charge in [-0.1, -0.05) is 39.0 Å². The number of carboxylic acids is 1. The van der Waals surface area contributed by atoms with Crippen molar-refractivity contribution >= 4 is 17.7 Å². The molecule has 3 N–H and O–H groups in total. The molecule has 1 aromatic carbocycles. The fourth-order valence-electron chi connectivity index (χ4n) is 1.98. The number of rotatable bonds is 9. The first kappa shape index (κ1) is 17.0. The summed E-state index contributed by atoms with van der Waals surface area (Å²) < 4.78 is 0. The van der Waals surface area contributed by atoms with Crippen LogP contribution in [0.4, 0.5) is 10.5 Å². The van der Waals surface area contributed by atoms with Crippen LogP contribution in [-0.2, 0) is 0 Å². The van der Waals surface area contributed by atoms with E-state index in [9.17, 15) is 9.59 Å². The molecule has 1 aromatic rings. The van der Waals surface area contributed by atoms with Gasteiger partial charge in [-0.15, -0.1) is 0 Å². The number of aromatic carboxylic acids is 1. The maximum Gasteiger partial charge on any atom is 0.335 e. The van der Waals surface area contributed by atoms with Crippen molar-refractivity contribution in [3.05, 3.63) is 29.8 Å². The minimum Gasteiger partial charge on any atom is -0.478 e. The largest absolute Gasteiger partial charge is 0.478 e. The van der Waals surface area contributed by atoms with E-state index in [-0.39, 0.29) is 11.6 Å². The second-order valence-electron chi connectivity index (χ2n) is 5.03. The van der Waals surface area contributed by atoms with E-state index in [0.717, 1.165) is 12.8 Å². The molecule has 0 unspecified atom stereocenters. The van der Waals surface area contributed by atoms with Crippen molar-refractivity contribution in [2.45, 2.75) is 45.4 Å². The van der Waals surface area contributed by atoms with Crippen LogP contribution in [0.5, 0.6) is 0 Å². The number of amides is 2. The maximum absolute atomic E-state index is 11.6. The molecular weight excluding hydrogens is 268 g/mol. The van der Waals surface area contributed by atoms with Gasteiger partial charge >= 0.3 is 12.0 Å². The maximum atomic E-state index is 11.6. The van der Waals surface area contributed by atoms with Gasteiger partial charge in [0.1, 0.15) is 0 Å². The number of carboxylic acid groups (broad SMARTS) is 1. The Kier molecular flexibility index (Phi) is 7.94. The SMILES string of the molecule is CCCCCCCCNC(=O)Nc1ccc(C(=O)O)cc1. The molecule has 0 fully saturated rings. The van der Waals surface area contributed by atoms with Crippen molar-refractivity contribution in [2.75, 3.05) is 11.9 Å². The summed E-state index contributed by atoms with van der Waals surface area (Å²) in [6.07, 6.45) is 7.11. The fourth-order valence-corrected chi connectivity index (χ4v) is 1.98. The molecular formula is C16H24N2O3. The van der Waals surface area contributed by atoms with E-state index in [4.69, 9.17) is 5.11 Å². The van der Waals surface area contributed by atoms with Gasteiger partial charge < -0.3 is 15.7 Å². The van der Waals surface area contributed by atoms with E-state index in [1.165, 1.54) is 37.8 Å². The van der Waals surface area contributed by atoms with E-state index in [0.29, 0.717) is 12.2 Å². The Hall–Kier alpha value is -2.04. The van der Waals surface area contributed by atoms with Crippen LogP contribution in [0.15, 0.2) is 24.3 Å². The summed E-state index contributed by atoms with van der Waals surface area (Å²) in [5.41, 5.74) is 0.786. The highest BCUT2D eigenvalue weighted by Gasteiger charge is 2.04. The lowest BCUT2D eigenvalue weighted by molar-refractivity contribution is 0.0697. The topological polar surface area (TPSA) is 78.4 Å². The molecule has 0 aliphatic heterocycles. The van der Waals surface area contributed by atoms with E-state index in [2.05, 4.69) is 17.6 Å². The third-order valence-electron chi connectivity index (χ3n) is 3.21. The molecule has 2 amide bonds.